The Kier molecular flexibility index (Phi) is 3.64. The molecule has 2 rings (SSSR count). The van der Waals surface area contributed by atoms with Crippen LogP contribution < -0.4 is 11.1 Å². The van der Waals surface area contributed by atoms with E-state index in [4.69, 9.17) is 17.3 Å². The number of anilines is 1. The molecule has 0 spiro atoms. The molecule has 0 atom stereocenters. The molecule has 5 heteroatoms. The average Bonchev–Trinajstić information content (AvgIpc) is 2.82. The summed E-state index contributed by atoms with van der Waals surface area (Å²) in [6.07, 6.45) is 5.44. The third-order valence-corrected chi connectivity index (χ3v) is 3.64. The van der Waals surface area contributed by atoms with Crippen molar-refractivity contribution < 1.29 is 4.79 Å². The topological polar surface area (TPSA) is 68.0 Å². The third kappa shape index (κ3) is 2.58. The van der Waals surface area contributed by atoms with Gasteiger partial charge in [0.2, 0.25) is 5.91 Å². The molecule has 1 aromatic rings. The second kappa shape index (κ2) is 5.02. The molecule has 3 N–H and O–H groups in total. The van der Waals surface area contributed by atoms with Crippen LogP contribution in [0.2, 0.25) is 5.15 Å². The first-order valence-corrected chi connectivity index (χ1v) is 6.17. The lowest BCUT2D eigenvalue weighted by Crippen LogP contribution is -2.40. The standard InChI is InChI=1S/C12H16ClN3O/c13-10-4-3-9(7-15-10)16-11(17)12(8-14)5-1-2-6-12/h3-4,7H,1-2,5-6,8,14H2,(H,16,17). The highest BCUT2D eigenvalue weighted by Gasteiger charge is 2.39. The van der Waals surface area contributed by atoms with Crippen LogP contribution in [0.25, 0.3) is 0 Å². The maximum atomic E-state index is 12.2. The molecule has 0 bridgehead atoms. The van der Waals surface area contributed by atoms with E-state index in [9.17, 15) is 4.79 Å². The van der Waals surface area contributed by atoms with Crippen molar-refractivity contribution in [2.45, 2.75) is 25.7 Å². The van der Waals surface area contributed by atoms with Crippen LogP contribution >= 0.6 is 11.6 Å². The minimum absolute atomic E-state index is 0.00150. The Morgan fingerprint density at radius 1 is 1.47 bits per heavy atom. The van der Waals surface area contributed by atoms with Crippen LogP contribution in [0.3, 0.4) is 0 Å². The largest absolute Gasteiger partial charge is 0.329 e. The monoisotopic (exact) mass is 253 g/mol. The van der Waals surface area contributed by atoms with E-state index in [1.165, 1.54) is 0 Å². The highest BCUT2D eigenvalue weighted by Crippen LogP contribution is 2.38. The number of carbonyl (C=O) groups excluding carboxylic acids is 1. The number of aromatic nitrogens is 1. The third-order valence-electron chi connectivity index (χ3n) is 3.42. The highest BCUT2D eigenvalue weighted by atomic mass is 35.5. The summed E-state index contributed by atoms with van der Waals surface area (Å²) >= 11 is 5.69. The Bertz CT molecular complexity index is 399. The van der Waals surface area contributed by atoms with E-state index >= 15 is 0 Å². The van der Waals surface area contributed by atoms with Gasteiger partial charge in [0, 0.05) is 6.54 Å². The molecular formula is C12H16ClN3O. The van der Waals surface area contributed by atoms with Gasteiger partial charge in [-0.3, -0.25) is 4.79 Å². The van der Waals surface area contributed by atoms with E-state index in [0.717, 1.165) is 25.7 Å². The van der Waals surface area contributed by atoms with Crippen molar-refractivity contribution >= 4 is 23.2 Å². The maximum absolute atomic E-state index is 12.2. The van der Waals surface area contributed by atoms with E-state index in [2.05, 4.69) is 10.3 Å². The van der Waals surface area contributed by atoms with Crippen LogP contribution in [0.1, 0.15) is 25.7 Å². The molecule has 1 aromatic heterocycles. The van der Waals surface area contributed by atoms with Gasteiger partial charge in [0.05, 0.1) is 17.3 Å². The average molecular weight is 254 g/mol. The first kappa shape index (κ1) is 12.3. The molecule has 1 heterocycles. The van der Waals surface area contributed by atoms with Gasteiger partial charge in [0.15, 0.2) is 0 Å². The van der Waals surface area contributed by atoms with Gasteiger partial charge in [-0.05, 0) is 25.0 Å². The summed E-state index contributed by atoms with van der Waals surface area (Å²) in [7, 11) is 0. The summed E-state index contributed by atoms with van der Waals surface area (Å²) < 4.78 is 0. The summed E-state index contributed by atoms with van der Waals surface area (Å²) in [4.78, 5) is 16.1. The molecule has 0 aromatic carbocycles. The number of hydrogen-bond acceptors (Lipinski definition) is 3. The predicted molar refractivity (Wildman–Crippen MR) is 67.8 cm³/mol. The second-order valence-electron chi connectivity index (χ2n) is 4.52. The zero-order valence-electron chi connectivity index (χ0n) is 9.58. The van der Waals surface area contributed by atoms with Gasteiger partial charge in [0.25, 0.3) is 0 Å². The normalized spacial score (nSPS) is 18.0. The predicted octanol–water partition coefficient (Wildman–Crippen LogP) is 2.19. The van der Waals surface area contributed by atoms with Crippen LogP contribution in [-0.2, 0) is 4.79 Å². The van der Waals surface area contributed by atoms with Crippen LogP contribution in [0, 0.1) is 5.41 Å². The van der Waals surface area contributed by atoms with Crippen molar-refractivity contribution in [1.29, 1.82) is 0 Å². The summed E-state index contributed by atoms with van der Waals surface area (Å²) in [6, 6.07) is 3.40. The molecule has 1 aliphatic carbocycles. The lowest BCUT2D eigenvalue weighted by molar-refractivity contribution is -0.124. The van der Waals surface area contributed by atoms with Gasteiger partial charge in [-0.15, -0.1) is 0 Å². The van der Waals surface area contributed by atoms with Crippen molar-refractivity contribution in [3.8, 4) is 0 Å². The molecule has 0 unspecified atom stereocenters. The Morgan fingerprint density at radius 2 is 2.18 bits per heavy atom. The summed E-state index contributed by atoms with van der Waals surface area (Å²) in [6.45, 7) is 0.403. The van der Waals surface area contributed by atoms with Crippen molar-refractivity contribution in [3.05, 3.63) is 23.5 Å². The molecule has 92 valence electrons. The first-order chi connectivity index (χ1) is 8.16. The summed E-state index contributed by atoms with van der Waals surface area (Å²) in [5.74, 6) is 0.00150. The van der Waals surface area contributed by atoms with Gasteiger partial charge in [-0.1, -0.05) is 24.4 Å². The molecule has 1 amide bonds. The number of pyridine rings is 1. The molecule has 1 fully saturated rings. The van der Waals surface area contributed by atoms with Crippen LogP contribution in [0.4, 0.5) is 5.69 Å². The molecule has 0 radical (unpaired) electrons. The quantitative estimate of drug-likeness (QED) is 0.812. The number of nitrogens with one attached hydrogen (secondary N) is 1. The van der Waals surface area contributed by atoms with Crippen molar-refractivity contribution in [2.75, 3.05) is 11.9 Å². The van der Waals surface area contributed by atoms with Crippen LogP contribution in [-0.4, -0.2) is 17.4 Å². The van der Waals surface area contributed by atoms with E-state index in [1.54, 1.807) is 18.3 Å². The first-order valence-electron chi connectivity index (χ1n) is 5.79. The number of amides is 1. The lowest BCUT2D eigenvalue weighted by Gasteiger charge is -2.25. The maximum Gasteiger partial charge on any atom is 0.231 e. The molecule has 4 nitrogen and oxygen atoms in total. The number of nitrogens with zero attached hydrogens (tertiary/aromatic N) is 1. The minimum atomic E-state index is -0.389. The molecule has 1 saturated carbocycles. The van der Waals surface area contributed by atoms with Gasteiger partial charge in [-0.25, -0.2) is 4.98 Å². The van der Waals surface area contributed by atoms with Gasteiger partial charge in [-0.2, -0.15) is 0 Å². The van der Waals surface area contributed by atoms with Gasteiger partial charge >= 0.3 is 0 Å². The Balaban J connectivity index is 2.08. The number of nitrogens with two attached hydrogens (primary N) is 1. The number of rotatable bonds is 3. The number of hydrogen-bond donors (Lipinski definition) is 2. The van der Waals surface area contributed by atoms with Crippen molar-refractivity contribution in [2.24, 2.45) is 11.1 Å². The molecule has 0 saturated heterocycles. The second-order valence-corrected chi connectivity index (χ2v) is 4.90. The minimum Gasteiger partial charge on any atom is -0.329 e. The zero-order chi connectivity index (χ0) is 12.3. The van der Waals surface area contributed by atoms with E-state index in [0.29, 0.717) is 17.4 Å². The van der Waals surface area contributed by atoms with Crippen molar-refractivity contribution in [3.63, 3.8) is 0 Å². The number of halogens is 1. The fourth-order valence-corrected chi connectivity index (χ4v) is 2.40. The van der Waals surface area contributed by atoms with E-state index in [1.807, 2.05) is 0 Å². The molecule has 17 heavy (non-hydrogen) atoms. The molecular weight excluding hydrogens is 238 g/mol. The van der Waals surface area contributed by atoms with E-state index < -0.39 is 0 Å². The SMILES string of the molecule is NCC1(C(=O)Nc2ccc(Cl)nc2)CCCC1. The zero-order valence-corrected chi connectivity index (χ0v) is 10.3. The fraction of sp³-hybridized carbons (Fsp3) is 0.500. The highest BCUT2D eigenvalue weighted by molar-refractivity contribution is 6.29. The lowest BCUT2D eigenvalue weighted by atomic mass is 9.85. The van der Waals surface area contributed by atoms with Gasteiger partial charge in [0.1, 0.15) is 5.15 Å². The smallest absolute Gasteiger partial charge is 0.231 e. The summed E-state index contributed by atoms with van der Waals surface area (Å²) in [5, 5.41) is 3.28. The van der Waals surface area contributed by atoms with E-state index in [-0.39, 0.29) is 11.3 Å². The van der Waals surface area contributed by atoms with Crippen LogP contribution in [0.5, 0.6) is 0 Å². The molecule has 1 aliphatic rings. The number of carbonyl (C=O) groups is 1. The van der Waals surface area contributed by atoms with Crippen LogP contribution in [0.15, 0.2) is 18.3 Å². The summed E-state index contributed by atoms with van der Waals surface area (Å²) in [5.41, 5.74) is 6.03. The Hall–Kier alpha value is -1.13. The van der Waals surface area contributed by atoms with Crippen molar-refractivity contribution in [1.82, 2.24) is 4.98 Å². The Morgan fingerprint density at radius 3 is 2.71 bits per heavy atom. The Labute approximate surface area is 106 Å². The molecule has 0 aliphatic heterocycles. The van der Waals surface area contributed by atoms with Gasteiger partial charge < -0.3 is 11.1 Å². The fourth-order valence-electron chi connectivity index (χ4n) is 2.29.